The van der Waals surface area contributed by atoms with Crippen LogP contribution >= 0.6 is 11.6 Å². The summed E-state index contributed by atoms with van der Waals surface area (Å²) in [5.74, 6) is -0.243. The number of methoxy groups -OCH3 is 1. The van der Waals surface area contributed by atoms with E-state index in [1.807, 2.05) is 18.2 Å². The summed E-state index contributed by atoms with van der Waals surface area (Å²) >= 11 is 5.83. The van der Waals surface area contributed by atoms with Crippen LogP contribution in [-0.4, -0.2) is 13.1 Å². The molecule has 0 aliphatic carbocycles. The fraction of sp³-hybridized carbons (Fsp3) is 0.364. The first-order valence-corrected chi connectivity index (χ1v) is 5.09. The molecule has 0 aromatic heterocycles. The Hall–Kier alpha value is -1.06. The van der Waals surface area contributed by atoms with Crippen molar-refractivity contribution in [2.75, 3.05) is 7.11 Å². The van der Waals surface area contributed by atoms with Crippen molar-refractivity contribution in [1.29, 1.82) is 0 Å². The molecule has 4 heteroatoms. The Morgan fingerprint density at radius 2 is 2.33 bits per heavy atom. The maximum atomic E-state index is 10.9. The molecule has 0 bridgehead atoms. The molecule has 0 aliphatic heterocycles. The van der Waals surface area contributed by atoms with E-state index in [-0.39, 0.29) is 12.0 Å². The van der Waals surface area contributed by atoms with Gasteiger partial charge >= 0.3 is 5.97 Å². The standard InChI is InChI=1S/C11H14ClNO2/c1-15-11(14)6-5-10(13)8-3-2-4-9(12)7-8/h2-4,7,10H,5-6,13H2,1H3. The average Bonchev–Trinajstić information content (AvgIpc) is 2.25. The van der Waals surface area contributed by atoms with Crippen LogP contribution in [0, 0.1) is 0 Å². The summed E-state index contributed by atoms with van der Waals surface area (Å²) in [5, 5.41) is 0.654. The topological polar surface area (TPSA) is 52.3 Å². The number of esters is 1. The molecule has 0 saturated heterocycles. The molecule has 0 heterocycles. The molecule has 0 aliphatic rings. The van der Waals surface area contributed by atoms with Gasteiger partial charge in [-0.3, -0.25) is 4.79 Å². The monoisotopic (exact) mass is 227 g/mol. The number of carbonyl (C=O) groups is 1. The molecule has 82 valence electrons. The second kappa shape index (κ2) is 5.73. The van der Waals surface area contributed by atoms with E-state index in [1.165, 1.54) is 7.11 Å². The van der Waals surface area contributed by atoms with Crippen LogP contribution < -0.4 is 5.73 Å². The lowest BCUT2D eigenvalue weighted by Crippen LogP contribution is -2.12. The number of hydrogen-bond acceptors (Lipinski definition) is 3. The maximum Gasteiger partial charge on any atom is 0.305 e. The number of benzene rings is 1. The average molecular weight is 228 g/mol. The molecule has 1 aromatic rings. The highest BCUT2D eigenvalue weighted by molar-refractivity contribution is 6.30. The minimum absolute atomic E-state index is 0.178. The molecular formula is C11H14ClNO2. The molecule has 0 fully saturated rings. The van der Waals surface area contributed by atoms with Gasteiger partial charge in [0.2, 0.25) is 0 Å². The van der Waals surface area contributed by atoms with Crippen LogP contribution in [-0.2, 0) is 9.53 Å². The van der Waals surface area contributed by atoms with E-state index in [2.05, 4.69) is 4.74 Å². The summed E-state index contributed by atoms with van der Waals surface area (Å²) in [6.07, 6.45) is 0.886. The Kier molecular flexibility index (Phi) is 4.59. The van der Waals surface area contributed by atoms with Crippen molar-refractivity contribution in [3.8, 4) is 0 Å². The molecule has 15 heavy (non-hydrogen) atoms. The van der Waals surface area contributed by atoms with Crippen molar-refractivity contribution < 1.29 is 9.53 Å². The second-order valence-electron chi connectivity index (χ2n) is 3.28. The molecule has 1 atom stereocenters. The number of ether oxygens (including phenoxy) is 1. The fourth-order valence-electron chi connectivity index (χ4n) is 1.28. The summed E-state index contributed by atoms with van der Waals surface area (Å²) in [6.45, 7) is 0. The second-order valence-corrected chi connectivity index (χ2v) is 3.71. The van der Waals surface area contributed by atoms with E-state index in [4.69, 9.17) is 17.3 Å². The van der Waals surface area contributed by atoms with Gasteiger partial charge in [-0.25, -0.2) is 0 Å². The summed E-state index contributed by atoms with van der Waals surface area (Å²) < 4.78 is 4.54. The van der Waals surface area contributed by atoms with Gasteiger partial charge in [0.15, 0.2) is 0 Å². The smallest absolute Gasteiger partial charge is 0.305 e. The predicted molar refractivity (Wildman–Crippen MR) is 59.6 cm³/mol. The molecule has 1 aromatic carbocycles. The number of rotatable bonds is 4. The van der Waals surface area contributed by atoms with Crippen molar-refractivity contribution in [3.05, 3.63) is 34.9 Å². The molecule has 0 saturated carbocycles. The van der Waals surface area contributed by atoms with E-state index in [9.17, 15) is 4.79 Å². The first-order valence-electron chi connectivity index (χ1n) is 4.71. The van der Waals surface area contributed by atoms with E-state index < -0.39 is 0 Å². The van der Waals surface area contributed by atoms with E-state index >= 15 is 0 Å². The van der Waals surface area contributed by atoms with Crippen LogP contribution in [0.1, 0.15) is 24.4 Å². The lowest BCUT2D eigenvalue weighted by atomic mass is 10.0. The first kappa shape index (κ1) is 12.0. The summed E-state index contributed by atoms with van der Waals surface area (Å²) in [4.78, 5) is 10.9. The summed E-state index contributed by atoms with van der Waals surface area (Å²) in [6, 6.07) is 7.16. The van der Waals surface area contributed by atoms with Gasteiger partial charge in [0.05, 0.1) is 7.11 Å². The van der Waals surface area contributed by atoms with Gasteiger partial charge in [-0.2, -0.15) is 0 Å². The zero-order valence-electron chi connectivity index (χ0n) is 8.57. The van der Waals surface area contributed by atoms with Gasteiger partial charge in [-0.15, -0.1) is 0 Å². The third-order valence-electron chi connectivity index (χ3n) is 2.16. The molecule has 1 rings (SSSR count). The van der Waals surface area contributed by atoms with Crippen LogP contribution in [0.5, 0.6) is 0 Å². The highest BCUT2D eigenvalue weighted by atomic mass is 35.5. The van der Waals surface area contributed by atoms with Crippen molar-refractivity contribution >= 4 is 17.6 Å². The lowest BCUT2D eigenvalue weighted by Gasteiger charge is -2.11. The highest BCUT2D eigenvalue weighted by Crippen LogP contribution is 2.19. The number of carbonyl (C=O) groups excluding carboxylic acids is 1. The van der Waals surface area contributed by atoms with Crippen molar-refractivity contribution in [1.82, 2.24) is 0 Å². The van der Waals surface area contributed by atoms with Crippen LogP contribution in [0.3, 0.4) is 0 Å². The van der Waals surface area contributed by atoms with E-state index in [1.54, 1.807) is 6.07 Å². The molecule has 0 amide bonds. The Bertz CT molecular complexity index is 341. The van der Waals surface area contributed by atoms with Crippen LogP contribution in [0.25, 0.3) is 0 Å². The predicted octanol–water partition coefficient (Wildman–Crippen LogP) is 2.29. The quantitative estimate of drug-likeness (QED) is 0.803. The largest absolute Gasteiger partial charge is 0.469 e. The van der Waals surface area contributed by atoms with Crippen molar-refractivity contribution in [2.45, 2.75) is 18.9 Å². The van der Waals surface area contributed by atoms with Gasteiger partial charge in [0, 0.05) is 17.5 Å². The van der Waals surface area contributed by atoms with Crippen molar-refractivity contribution in [3.63, 3.8) is 0 Å². The molecule has 3 nitrogen and oxygen atoms in total. The molecular weight excluding hydrogens is 214 g/mol. The zero-order valence-corrected chi connectivity index (χ0v) is 9.33. The highest BCUT2D eigenvalue weighted by Gasteiger charge is 2.09. The van der Waals surface area contributed by atoms with Crippen LogP contribution in [0.15, 0.2) is 24.3 Å². The number of hydrogen-bond donors (Lipinski definition) is 1. The number of nitrogens with two attached hydrogens (primary N) is 1. The molecule has 0 radical (unpaired) electrons. The summed E-state index contributed by atoms with van der Waals surface area (Å²) in [5.41, 5.74) is 6.84. The van der Waals surface area contributed by atoms with Gasteiger partial charge < -0.3 is 10.5 Å². The molecule has 0 spiro atoms. The Balaban J connectivity index is 2.53. The minimum atomic E-state index is -0.243. The Morgan fingerprint density at radius 1 is 1.60 bits per heavy atom. The SMILES string of the molecule is COC(=O)CCC(N)c1cccc(Cl)c1. The van der Waals surface area contributed by atoms with E-state index in [0.717, 1.165) is 5.56 Å². The van der Waals surface area contributed by atoms with Crippen LogP contribution in [0.4, 0.5) is 0 Å². The summed E-state index contributed by atoms with van der Waals surface area (Å²) in [7, 11) is 1.37. The Labute approximate surface area is 94.2 Å². The van der Waals surface area contributed by atoms with Crippen LogP contribution in [0.2, 0.25) is 5.02 Å². The molecule has 2 N–H and O–H groups in total. The minimum Gasteiger partial charge on any atom is -0.469 e. The lowest BCUT2D eigenvalue weighted by molar-refractivity contribution is -0.140. The van der Waals surface area contributed by atoms with Gasteiger partial charge in [0.1, 0.15) is 0 Å². The zero-order chi connectivity index (χ0) is 11.3. The molecule has 1 unspecified atom stereocenters. The third kappa shape index (κ3) is 3.90. The first-order chi connectivity index (χ1) is 7.13. The van der Waals surface area contributed by atoms with E-state index in [0.29, 0.717) is 17.9 Å². The van der Waals surface area contributed by atoms with Gasteiger partial charge in [0.25, 0.3) is 0 Å². The Morgan fingerprint density at radius 3 is 2.93 bits per heavy atom. The normalized spacial score (nSPS) is 12.2. The fourth-order valence-corrected chi connectivity index (χ4v) is 1.48. The van der Waals surface area contributed by atoms with Gasteiger partial charge in [-0.1, -0.05) is 23.7 Å². The number of halogens is 1. The third-order valence-corrected chi connectivity index (χ3v) is 2.40. The van der Waals surface area contributed by atoms with Gasteiger partial charge in [-0.05, 0) is 24.1 Å². The van der Waals surface area contributed by atoms with Crippen molar-refractivity contribution in [2.24, 2.45) is 5.73 Å². The maximum absolute atomic E-state index is 10.9.